The minimum Gasteiger partial charge on any atom is -0.478 e. The molecule has 0 atom stereocenters. The Morgan fingerprint density at radius 1 is 1.30 bits per heavy atom. The maximum Gasteiger partial charge on any atom is 0.573 e. The van der Waals surface area contributed by atoms with Crippen molar-refractivity contribution in [2.24, 2.45) is 0 Å². The van der Waals surface area contributed by atoms with E-state index in [9.17, 15) is 23.1 Å². The molecule has 138 valence electrons. The van der Waals surface area contributed by atoms with Crippen molar-refractivity contribution >= 4 is 16.9 Å². The van der Waals surface area contributed by atoms with Crippen molar-refractivity contribution in [3.8, 4) is 17.6 Å². The summed E-state index contributed by atoms with van der Waals surface area (Å²) in [7, 11) is 0. The van der Waals surface area contributed by atoms with Gasteiger partial charge in [0.2, 0.25) is 0 Å². The van der Waals surface area contributed by atoms with Gasteiger partial charge in [-0.15, -0.1) is 19.1 Å². The SMILES string of the molecule is CC#Cc1ccc(C(=O)O)c2c1cnn2Cc1cccc(OC(F)(F)F)c1. The van der Waals surface area contributed by atoms with Gasteiger partial charge in [0.1, 0.15) is 5.75 Å². The molecule has 0 radical (unpaired) electrons. The van der Waals surface area contributed by atoms with Crippen LogP contribution >= 0.6 is 0 Å². The maximum absolute atomic E-state index is 12.4. The fraction of sp³-hybridized carbons (Fsp3) is 0.158. The zero-order chi connectivity index (χ0) is 19.6. The lowest BCUT2D eigenvalue weighted by Gasteiger charge is -2.11. The van der Waals surface area contributed by atoms with Gasteiger partial charge in [-0.3, -0.25) is 4.68 Å². The smallest absolute Gasteiger partial charge is 0.478 e. The topological polar surface area (TPSA) is 64.3 Å². The van der Waals surface area contributed by atoms with E-state index in [0.717, 1.165) is 0 Å². The lowest BCUT2D eigenvalue weighted by molar-refractivity contribution is -0.274. The van der Waals surface area contributed by atoms with Crippen LogP contribution in [0.5, 0.6) is 5.75 Å². The van der Waals surface area contributed by atoms with Crippen LogP contribution in [-0.4, -0.2) is 27.2 Å². The summed E-state index contributed by atoms with van der Waals surface area (Å²) in [6.45, 7) is 1.73. The van der Waals surface area contributed by atoms with Crippen LogP contribution in [0.4, 0.5) is 13.2 Å². The molecule has 5 nitrogen and oxygen atoms in total. The molecule has 0 aliphatic heterocycles. The molecule has 0 unspecified atom stereocenters. The van der Waals surface area contributed by atoms with Gasteiger partial charge in [0.05, 0.1) is 23.8 Å². The van der Waals surface area contributed by atoms with Gasteiger partial charge >= 0.3 is 12.3 Å². The van der Waals surface area contributed by atoms with Crippen molar-refractivity contribution in [2.75, 3.05) is 0 Å². The first-order valence-corrected chi connectivity index (χ1v) is 7.78. The predicted molar refractivity (Wildman–Crippen MR) is 91.5 cm³/mol. The highest BCUT2D eigenvalue weighted by atomic mass is 19.4. The average molecular weight is 374 g/mol. The zero-order valence-electron chi connectivity index (χ0n) is 14.0. The molecule has 0 aliphatic rings. The van der Waals surface area contributed by atoms with Crippen LogP contribution in [0.3, 0.4) is 0 Å². The van der Waals surface area contributed by atoms with E-state index in [1.165, 1.54) is 35.1 Å². The van der Waals surface area contributed by atoms with Crippen molar-refractivity contribution in [3.63, 3.8) is 0 Å². The number of nitrogens with zero attached hydrogens (tertiary/aromatic N) is 2. The minimum absolute atomic E-state index is 0.0341. The van der Waals surface area contributed by atoms with E-state index in [1.807, 2.05) is 0 Å². The standard InChI is InChI=1S/C19H13F3N2O3/c1-2-4-13-7-8-15(18(25)26)17-16(13)10-23-24(17)11-12-5-3-6-14(9-12)27-19(20,21)22/h3,5-10H,11H2,1H3,(H,25,26). The number of carbonyl (C=O) groups is 1. The molecule has 0 bridgehead atoms. The molecule has 27 heavy (non-hydrogen) atoms. The summed E-state index contributed by atoms with van der Waals surface area (Å²) in [5, 5.41) is 14.2. The third-order valence-corrected chi connectivity index (χ3v) is 3.76. The molecule has 0 amide bonds. The van der Waals surface area contributed by atoms with Crippen molar-refractivity contribution in [1.29, 1.82) is 0 Å². The average Bonchev–Trinajstić information content (AvgIpc) is 2.98. The summed E-state index contributed by atoms with van der Waals surface area (Å²) in [5.41, 5.74) is 1.49. The van der Waals surface area contributed by atoms with Crippen LogP contribution in [0.1, 0.15) is 28.4 Å². The van der Waals surface area contributed by atoms with Gasteiger partial charge in [0.25, 0.3) is 0 Å². The number of halogens is 3. The van der Waals surface area contributed by atoms with E-state index in [-0.39, 0.29) is 17.9 Å². The van der Waals surface area contributed by atoms with Crippen LogP contribution in [0.15, 0.2) is 42.6 Å². The van der Waals surface area contributed by atoms with Gasteiger partial charge in [0.15, 0.2) is 0 Å². The summed E-state index contributed by atoms with van der Waals surface area (Å²) < 4.78 is 42.5. The fourth-order valence-electron chi connectivity index (χ4n) is 2.75. The van der Waals surface area contributed by atoms with Gasteiger partial charge < -0.3 is 9.84 Å². The number of aromatic nitrogens is 2. The van der Waals surface area contributed by atoms with Crippen molar-refractivity contribution < 1.29 is 27.8 Å². The Balaban J connectivity index is 2.05. The summed E-state index contributed by atoms with van der Waals surface area (Å²) >= 11 is 0. The Kier molecular flexibility index (Phi) is 4.77. The van der Waals surface area contributed by atoms with Crippen molar-refractivity contribution in [1.82, 2.24) is 9.78 Å². The van der Waals surface area contributed by atoms with E-state index in [1.54, 1.807) is 19.1 Å². The highest BCUT2D eigenvalue weighted by Gasteiger charge is 2.31. The normalized spacial score (nSPS) is 11.1. The lowest BCUT2D eigenvalue weighted by atomic mass is 10.1. The number of carboxylic acid groups (broad SMARTS) is 1. The largest absolute Gasteiger partial charge is 0.573 e. The highest BCUT2D eigenvalue weighted by Crippen LogP contribution is 2.26. The Morgan fingerprint density at radius 2 is 2.07 bits per heavy atom. The Hall–Kier alpha value is -3.47. The van der Waals surface area contributed by atoms with E-state index in [4.69, 9.17) is 0 Å². The monoisotopic (exact) mass is 374 g/mol. The zero-order valence-corrected chi connectivity index (χ0v) is 14.0. The van der Waals surface area contributed by atoms with Gasteiger partial charge in [-0.1, -0.05) is 18.1 Å². The molecule has 0 spiro atoms. The molecule has 3 aromatic rings. The number of ether oxygens (including phenoxy) is 1. The van der Waals surface area contributed by atoms with Crippen LogP contribution < -0.4 is 4.74 Å². The summed E-state index contributed by atoms with van der Waals surface area (Å²) in [4.78, 5) is 11.6. The van der Waals surface area contributed by atoms with Gasteiger partial charge in [-0.25, -0.2) is 4.79 Å². The highest BCUT2D eigenvalue weighted by molar-refractivity contribution is 6.03. The molecule has 1 aromatic heterocycles. The number of alkyl halides is 3. The van der Waals surface area contributed by atoms with E-state index in [0.29, 0.717) is 22.0 Å². The van der Waals surface area contributed by atoms with Crippen LogP contribution in [0.2, 0.25) is 0 Å². The van der Waals surface area contributed by atoms with E-state index >= 15 is 0 Å². The maximum atomic E-state index is 12.4. The molecule has 0 saturated carbocycles. The molecule has 0 aliphatic carbocycles. The number of fused-ring (bicyclic) bond motifs is 1. The number of aromatic carboxylic acids is 1. The number of hydrogen-bond donors (Lipinski definition) is 1. The molecule has 1 heterocycles. The van der Waals surface area contributed by atoms with E-state index < -0.39 is 12.3 Å². The van der Waals surface area contributed by atoms with Gasteiger partial charge in [-0.2, -0.15) is 5.10 Å². The third kappa shape index (κ3) is 4.03. The number of carboxylic acids is 1. The first kappa shape index (κ1) is 18.3. The number of rotatable bonds is 4. The number of benzene rings is 2. The fourth-order valence-corrected chi connectivity index (χ4v) is 2.75. The van der Waals surface area contributed by atoms with E-state index in [2.05, 4.69) is 21.7 Å². The first-order valence-electron chi connectivity index (χ1n) is 7.78. The minimum atomic E-state index is -4.79. The second kappa shape index (κ2) is 7.03. The Morgan fingerprint density at radius 3 is 2.74 bits per heavy atom. The number of hydrogen-bond acceptors (Lipinski definition) is 3. The molecule has 3 rings (SSSR count). The summed E-state index contributed by atoms with van der Waals surface area (Å²) in [6.07, 6.45) is -3.29. The van der Waals surface area contributed by atoms with Crippen molar-refractivity contribution in [2.45, 2.75) is 19.8 Å². The molecular weight excluding hydrogens is 361 g/mol. The molecular formula is C19H13F3N2O3. The lowest BCUT2D eigenvalue weighted by Crippen LogP contribution is -2.17. The Labute approximate surface area is 152 Å². The second-order valence-electron chi connectivity index (χ2n) is 5.60. The van der Waals surface area contributed by atoms with Crippen LogP contribution in [0, 0.1) is 11.8 Å². The molecule has 0 saturated heterocycles. The molecule has 8 heteroatoms. The van der Waals surface area contributed by atoms with Crippen LogP contribution in [0.25, 0.3) is 10.9 Å². The summed E-state index contributed by atoms with van der Waals surface area (Å²) in [5.74, 6) is 4.16. The Bertz CT molecular complexity index is 1080. The molecule has 0 fully saturated rings. The predicted octanol–water partition coefficient (Wildman–Crippen LogP) is 4.05. The van der Waals surface area contributed by atoms with Gasteiger partial charge in [0, 0.05) is 10.9 Å². The van der Waals surface area contributed by atoms with Crippen LogP contribution in [-0.2, 0) is 6.54 Å². The quantitative estimate of drug-likeness (QED) is 0.700. The third-order valence-electron chi connectivity index (χ3n) is 3.76. The molecule has 1 N–H and O–H groups in total. The first-order chi connectivity index (χ1) is 12.8. The van der Waals surface area contributed by atoms with Gasteiger partial charge in [-0.05, 0) is 36.8 Å². The molecule has 2 aromatic carbocycles. The second-order valence-corrected chi connectivity index (χ2v) is 5.60. The van der Waals surface area contributed by atoms with Crippen molar-refractivity contribution in [3.05, 3.63) is 59.3 Å². The summed E-state index contributed by atoms with van der Waals surface area (Å²) in [6, 6.07) is 8.49.